The van der Waals surface area contributed by atoms with Gasteiger partial charge in [-0.15, -0.1) is 0 Å². The van der Waals surface area contributed by atoms with E-state index < -0.39 is 35.9 Å². The quantitative estimate of drug-likeness (QED) is 0.0907. The van der Waals surface area contributed by atoms with E-state index in [4.69, 9.17) is 17.2 Å². The summed E-state index contributed by atoms with van der Waals surface area (Å²) in [5.41, 5.74) is 17.1. The van der Waals surface area contributed by atoms with E-state index in [9.17, 15) is 24.3 Å². The Morgan fingerprint density at radius 3 is 2.16 bits per heavy atom. The number of nitrogens with zero attached hydrogens (tertiary/aromatic N) is 1. The van der Waals surface area contributed by atoms with Crippen LogP contribution in [0.2, 0.25) is 0 Å². The highest BCUT2D eigenvalue weighted by atomic mass is 16.4. The molecule has 210 valence electrons. The molecule has 0 heterocycles. The number of hydrogen-bond acceptors (Lipinski definition) is 6. The molecule has 12 heteroatoms. The summed E-state index contributed by atoms with van der Waals surface area (Å²) in [6.45, 7) is 2.09. The van der Waals surface area contributed by atoms with Gasteiger partial charge in [-0.2, -0.15) is 0 Å². The molecule has 3 atom stereocenters. The Morgan fingerprint density at radius 2 is 1.58 bits per heavy atom. The van der Waals surface area contributed by atoms with Gasteiger partial charge in [0.15, 0.2) is 5.96 Å². The molecule has 38 heavy (non-hydrogen) atoms. The molecule has 1 aromatic carbocycles. The van der Waals surface area contributed by atoms with Crippen molar-refractivity contribution in [2.75, 3.05) is 6.54 Å². The summed E-state index contributed by atoms with van der Waals surface area (Å²) in [5.74, 6) is -2.70. The largest absolute Gasteiger partial charge is 0.481 e. The third kappa shape index (κ3) is 10.8. The fraction of sp³-hybridized carbons (Fsp3) is 0.577. The molecular weight excluding hydrogens is 490 g/mol. The molecule has 1 aliphatic carbocycles. The Hall–Kier alpha value is -3.67. The number of nitrogens with two attached hydrogens (primary N) is 3. The number of guanidine groups is 1. The van der Waals surface area contributed by atoms with Gasteiger partial charge in [0.25, 0.3) is 0 Å². The second kappa shape index (κ2) is 15.6. The number of rotatable bonds is 15. The highest BCUT2D eigenvalue weighted by molar-refractivity contribution is 5.92. The number of nitrogens with one attached hydrogen (secondary N) is 3. The van der Waals surface area contributed by atoms with Crippen LogP contribution in [-0.4, -0.2) is 65.5 Å². The predicted octanol–water partition coefficient (Wildman–Crippen LogP) is -0.251. The van der Waals surface area contributed by atoms with E-state index in [1.54, 1.807) is 6.92 Å². The van der Waals surface area contributed by atoms with Crippen LogP contribution < -0.4 is 33.2 Å². The van der Waals surface area contributed by atoms with E-state index in [0.717, 1.165) is 5.56 Å². The number of carbonyl (C=O) groups is 4. The van der Waals surface area contributed by atoms with Crippen LogP contribution in [0.25, 0.3) is 0 Å². The van der Waals surface area contributed by atoms with E-state index >= 15 is 0 Å². The number of hydrogen-bond donors (Lipinski definition) is 7. The molecule has 0 unspecified atom stereocenters. The summed E-state index contributed by atoms with van der Waals surface area (Å²) < 4.78 is 0. The molecule has 1 fully saturated rings. The number of aliphatic carboxylic acids is 1. The van der Waals surface area contributed by atoms with Crippen molar-refractivity contribution in [1.29, 1.82) is 0 Å². The third-order valence-corrected chi connectivity index (χ3v) is 6.73. The molecule has 0 radical (unpaired) electrons. The van der Waals surface area contributed by atoms with Crippen LogP contribution in [0, 0.1) is 5.92 Å². The first-order valence-corrected chi connectivity index (χ1v) is 13.0. The summed E-state index contributed by atoms with van der Waals surface area (Å²) >= 11 is 0. The summed E-state index contributed by atoms with van der Waals surface area (Å²) in [6.07, 6.45) is 4.11. The van der Waals surface area contributed by atoms with Gasteiger partial charge in [0.1, 0.15) is 12.1 Å². The predicted molar refractivity (Wildman–Crippen MR) is 144 cm³/mol. The van der Waals surface area contributed by atoms with Crippen molar-refractivity contribution in [1.82, 2.24) is 16.0 Å². The molecule has 0 aromatic heterocycles. The van der Waals surface area contributed by atoms with E-state index in [0.29, 0.717) is 51.5 Å². The number of carboxylic acids is 1. The molecular formula is C26H41N7O5. The molecule has 3 amide bonds. The number of amides is 3. The SMILES string of the molecule is C[C@H](NC1CCC(C(=O)O)CC1)C(=O)N[C@@H](CCCCN=C(N)N)C(=O)N[C@@H](Cc1ccccc1)C(N)=O. The minimum absolute atomic E-state index is 0.0170. The zero-order chi connectivity index (χ0) is 28.1. The average Bonchev–Trinajstić information content (AvgIpc) is 2.87. The third-order valence-electron chi connectivity index (χ3n) is 6.73. The van der Waals surface area contributed by atoms with Crippen LogP contribution in [0.15, 0.2) is 35.3 Å². The minimum Gasteiger partial charge on any atom is -0.481 e. The Labute approximate surface area is 223 Å². The van der Waals surface area contributed by atoms with Gasteiger partial charge in [0.05, 0.1) is 12.0 Å². The van der Waals surface area contributed by atoms with Crippen LogP contribution in [0.1, 0.15) is 57.4 Å². The van der Waals surface area contributed by atoms with Gasteiger partial charge in [0, 0.05) is 19.0 Å². The molecule has 0 saturated heterocycles. The maximum absolute atomic E-state index is 13.2. The summed E-state index contributed by atoms with van der Waals surface area (Å²) in [5, 5.41) is 17.9. The van der Waals surface area contributed by atoms with Crippen molar-refractivity contribution < 1.29 is 24.3 Å². The fourth-order valence-corrected chi connectivity index (χ4v) is 4.52. The van der Waals surface area contributed by atoms with Crippen molar-refractivity contribution in [3.8, 4) is 0 Å². The number of carboxylic acid groups (broad SMARTS) is 1. The molecule has 0 spiro atoms. The van der Waals surface area contributed by atoms with Gasteiger partial charge in [-0.25, -0.2) is 0 Å². The lowest BCUT2D eigenvalue weighted by Crippen LogP contribution is -2.56. The summed E-state index contributed by atoms with van der Waals surface area (Å²) in [7, 11) is 0. The van der Waals surface area contributed by atoms with Gasteiger partial charge in [-0.05, 0) is 57.4 Å². The zero-order valence-corrected chi connectivity index (χ0v) is 21.9. The van der Waals surface area contributed by atoms with Crippen LogP contribution in [0.4, 0.5) is 0 Å². The number of benzene rings is 1. The normalized spacial score (nSPS) is 19.4. The first-order valence-electron chi connectivity index (χ1n) is 13.0. The summed E-state index contributed by atoms with van der Waals surface area (Å²) in [4.78, 5) is 53.4. The maximum atomic E-state index is 13.2. The average molecular weight is 532 g/mol. The minimum atomic E-state index is -0.939. The number of unbranched alkanes of at least 4 members (excludes halogenated alkanes) is 1. The molecule has 0 bridgehead atoms. The van der Waals surface area contributed by atoms with Crippen molar-refractivity contribution >= 4 is 29.7 Å². The van der Waals surface area contributed by atoms with Crippen molar-refractivity contribution in [3.63, 3.8) is 0 Å². The molecule has 1 saturated carbocycles. The van der Waals surface area contributed by atoms with Gasteiger partial charge in [0.2, 0.25) is 17.7 Å². The van der Waals surface area contributed by atoms with Crippen LogP contribution >= 0.6 is 0 Å². The van der Waals surface area contributed by atoms with E-state index in [1.807, 2.05) is 30.3 Å². The standard InChI is InChI=1S/C26H41N7O5/c1-16(31-19-12-10-18(11-13-19)25(37)38)23(35)32-20(9-5-6-14-30-26(28)29)24(36)33-21(22(27)34)15-17-7-3-2-4-8-17/h2-4,7-8,16,18-21,31H,5-6,9-15H2,1H3,(H2,27,34)(H,32,35)(H,33,36)(H,37,38)(H4,28,29,30)/t16-,18?,19?,20-,21-/m0/s1. The topological polar surface area (TPSA) is 215 Å². The van der Waals surface area contributed by atoms with Gasteiger partial charge in [-0.3, -0.25) is 24.2 Å². The van der Waals surface area contributed by atoms with Gasteiger partial charge >= 0.3 is 5.97 Å². The first-order chi connectivity index (χ1) is 18.1. The Balaban J connectivity index is 2.00. The van der Waals surface area contributed by atoms with E-state index in [2.05, 4.69) is 20.9 Å². The van der Waals surface area contributed by atoms with Crippen molar-refractivity contribution in [2.45, 2.75) is 82.5 Å². The van der Waals surface area contributed by atoms with Crippen LogP contribution in [0.5, 0.6) is 0 Å². The molecule has 0 aliphatic heterocycles. The van der Waals surface area contributed by atoms with Gasteiger partial charge in [-0.1, -0.05) is 30.3 Å². The second-order valence-corrected chi connectivity index (χ2v) is 9.79. The Kier molecular flexibility index (Phi) is 12.5. The van der Waals surface area contributed by atoms with E-state index in [1.165, 1.54) is 0 Å². The first kappa shape index (κ1) is 30.6. The van der Waals surface area contributed by atoms with Crippen LogP contribution in [0.3, 0.4) is 0 Å². The second-order valence-electron chi connectivity index (χ2n) is 9.79. The Bertz CT molecular complexity index is 960. The maximum Gasteiger partial charge on any atom is 0.306 e. The molecule has 1 aromatic rings. The number of primary amides is 1. The molecule has 2 rings (SSSR count). The van der Waals surface area contributed by atoms with Crippen molar-refractivity contribution in [2.24, 2.45) is 28.1 Å². The molecule has 10 N–H and O–H groups in total. The van der Waals surface area contributed by atoms with Crippen molar-refractivity contribution in [3.05, 3.63) is 35.9 Å². The monoisotopic (exact) mass is 531 g/mol. The lowest BCUT2D eigenvalue weighted by Gasteiger charge is -2.30. The highest BCUT2D eigenvalue weighted by Crippen LogP contribution is 2.24. The van der Waals surface area contributed by atoms with E-state index in [-0.39, 0.29) is 30.2 Å². The lowest BCUT2D eigenvalue weighted by atomic mass is 9.86. The summed E-state index contributed by atoms with van der Waals surface area (Å²) in [6, 6.07) is 6.76. The van der Waals surface area contributed by atoms with Gasteiger partial charge < -0.3 is 38.3 Å². The van der Waals surface area contributed by atoms with Crippen LogP contribution in [-0.2, 0) is 25.6 Å². The zero-order valence-electron chi connectivity index (χ0n) is 21.9. The smallest absolute Gasteiger partial charge is 0.306 e. The fourth-order valence-electron chi connectivity index (χ4n) is 4.52. The lowest BCUT2D eigenvalue weighted by molar-refractivity contribution is -0.143. The highest BCUT2D eigenvalue weighted by Gasteiger charge is 2.30. The number of carbonyl (C=O) groups excluding carboxylic acids is 3. The number of aliphatic imine (C=N–C) groups is 1. The Morgan fingerprint density at radius 1 is 0.947 bits per heavy atom. The molecule has 12 nitrogen and oxygen atoms in total. The molecule has 1 aliphatic rings.